The summed E-state index contributed by atoms with van der Waals surface area (Å²) in [5, 5.41) is 9.41. The molecule has 0 saturated heterocycles. The van der Waals surface area contributed by atoms with Crippen LogP contribution in [0, 0.1) is 0 Å². The fourth-order valence-electron chi connectivity index (χ4n) is 10.2. The van der Waals surface area contributed by atoms with E-state index in [-0.39, 0.29) is 0 Å². The topological polar surface area (TPSA) is 53.5 Å². The molecule has 0 saturated carbocycles. The fourth-order valence-corrected chi connectivity index (χ4v) is 11.4. The molecule has 0 unspecified atom stereocenters. The number of thiophene rings is 1. The molecule has 0 N–H and O–H groups in total. The zero-order valence-electron chi connectivity index (χ0n) is 34.2. The number of benzene rings is 7. The van der Waals surface area contributed by atoms with Crippen molar-refractivity contribution in [3.63, 3.8) is 0 Å². The summed E-state index contributed by atoms with van der Waals surface area (Å²) < 4.78 is 9.51. The van der Waals surface area contributed by atoms with E-state index < -0.39 is 0 Å². The maximum absolute atomic E-state index is 5.00. The lowest BCUT2D eigenvalue weighted by atomic mass is 9.97. The van der Waals surface area contributed by atoms with E-state index in [1.165, 1.54) is 42.2 Å². The van der Waals surface area contributed by atoms with Gasteiger partial charge in [-0.05, 0) is 125 Å². The predicted octanol–water partition coefficient (Wildman–Crippen LogP) is 14.9. The summed E-state index contributed by atoms with van der Waals surface area (Å²) in [7, 11) is 0. The number of fused-ring (bicyclic) bond motifs is 12. The van der Waals surface area contributed by atoms with Crippen molar-refractivity contribution < 1.29 is 0 Å². The molecular weight excluding hydrogens is 801 g/mol. The number of pyridine rings is 3. The summed E-state index contributed by atoms with van der Waals surface area (Å²) in [5.74, 6) is 0. The Labute approximate surface area is 370 Å². The molecule has 14 rings (SSSR count). The molecule has 64 heavy (non-hydrogen) atoms. The lowest BCUT2D eigenvalue weighted by molar-refractivity contribution is 1.12. The summed E-state index contributed by atoms with van der Waals surface area (Å²) in [6, 6.07) is 67.8. The minimum atomic E-state index is 0.912. The van der Waals surface area contributed by atoms with Gasteiger partial charge < -0.3 is 0 Å². The average Bonchev–Trinajstić information content (AvgIpc) is 4.10. The van der Waals surface area contributed by atoms with Crippen LogP contribution in [-0.2, 0) is 0 Å². The Morgan fingerprint density at radius 1 is 0.312 bits per heavy atom. The Hall–Kier alpha value is -8.39. The molecular formula is C57H34N6S. The third kappa shape index (κ3) is 5.10. The number of rotatable bonds is 5. The highest BCUT2D eigenvalue weighted by molar-refractivity contribution is 7.26. The fraction of sp³-hybridized carbons (Fsp3) is 0. The smallest absolute Gasteiger partial charge is 0.145 e. The van der Waals surface area contributed by atoms with Gasteiger partial charge in [-0.2, -0.15) is 0 Å². The van der Waals surface area contributed by atoms with Crippen LogP contribution in [-0.4, -0.2) is 28.7 Å². The second-order valence-corrected chi connectivity index (χ2v) is 17.5. The van der Waals surface area contributed by atoms with E-state index in [2.05, 4.69) is 184 Å². The van der Waals surface area contributed by atoms with E-state index in [0.29, 0.717) is 0 Å². The van der Waals surface area contributed by atoms with E-state index in [1.54, 1.807) is 0 Å². The van der Waals surface area contributed by atoms with Crippen LogP contribution in [0.4, 0.5) is 0 Å². The second-order valence-electron chi connectivity index (χ2n) is 16.5. The van der Waals surface area contributed by atoms with Gasteiger partial charge in [0.05, 0.1) is 16.6 Å². The highest BCUT2D eigenvalue weighted by Crippen LogP contribution is 2.42. The lowest BCUT2D eigenvalue weighted by Gasteiger charge is -2.12. The van der Waals surface area contributed by atoms with Gasteiger partial charge in [-0.3, -0.25) is 13.7 Å². The highest BCUT2D eigenvalue weighted by Gasteiger charge is 2.20. The molecule has 7 aromatic carbocycles. The summed E-state index contributed by atoms with van der Waals surface area (Å²) >= 11 is 1.87. The lowest BCUT2D eigenvalue weighted by Crippen LogP contribution is -1.98. The molecule has 14 aromatic rings. The molecule has 298 valence electrons. The Balaban J connectivity index is 0.900. The highest BCUT2D eigenvalue weighted by atomic mass is 32.1. The molecule has 0 radical (unpaired) electrons. The van der Waals surface area contributed by atoms with Crippen molar-refractivity contribution in [3.05, 3.63) is 207 Å². The van der Waals surface area contributed by atoms with Crippen LogP contribution in [0.3, 0.4) is 0 Å². The second kappa shape index (κ2) is 13.6. The van der Waals surface area contributed by atoms with E-state index in [9.17, 15) is 0 Å². The SMILES string of the molecule is c1cc(-c2cccc(-n3c4ccc(-n5c6ccc(-n7c8ccccc8c8cccnc87)cc6c6cccnc65)cc4c4cccnc43)c2)cc(-c2cccc3c2sc2ccccc23)c1. The summed E-state index contributed by atoms with van der Waals surface area (Å²) in [6.07, 6.45) is 5.65. The average molecular weight is 835 g/mol. The molecule has 0 spiro atoms. The van der Waals surface area contributed by atoms with Gasteiger partial charge in [0.1, 0.15) is 16.9 Å². The Kier molecular flexibility index (Phi) is 7.46. The monoisotopic (exact) mass is 834 g/mol. The van der Waals surface area contributed by atoms with Crippen LogP contribution in [0.15, 0.2) is 207 Å². The van der Waals surface area contributed by atoms with Crippen LogP contribution in [0.1, 0.15) is 0 Å². The molecule has 6 nitrogen and oxygen atoms in total. The number of aromatic nitrogens is 6. The van der Waals surface area contributed by atoms with Crippen LogP contribution in [0.2, 0.25) is 0 Å². The molecule has 0 amide bonds. The van der Waals surface area contributed by atoms with E-state index >= 15 is 0 Å². The molecule has 7 heterocycles. The van der Waals surface area contributed by atoms with Crippen molar-refractivity contribution in [2.45, 2.75) is 0 Å². The maximum Gasteiger partial charge on any atom is 0.145 e. The van der Waals surface area contributed by atoms with Gasteiger partial charge in [-0.1, -0.05) is 84.9 Å². The first kappa shape index (κ1) is 35.2. The number of hydrogen-bond acceptors (Lipinski definition) is 4. The normalized spacial score (nSPS) is 12.1. The first-order valence-corrected chi connectivity index (χ1v) is 22.3. The molecule has 0 aliphatic heterocycles. The summed E-state index contributed by atoms with van der Waals surface area (Å²) in [4.78, 5) is 14.9. The molecule has 0 aliphatic carbocycles. The van der Waals surface area contributed by atoms with Crippen molar-refractivity contribution in [2.24, 2.45) is 0 Å². The first-order chi connectivity index (χ1) is 31.7. The van der Waals surface area contributed by atoms with Gasteiger partial charge in [0.15, 0.2) is 0 Å². The minimum absolute atomic E-state index is 0.912. The Morgan fingerprint density at radius 3 is 1.47 bits per heavy atom. The number of nitrogens with zero attached hydrogens (tertiary/aromatic N) is 6. The quantitative estimate of drug-likeness (QED) is 0.174. The van der Waals surface area contributed by atoms with Gasteiger partial charge in [0, 0.05) is 88.1 Å². The van der Waals surface area contributed by atoms with Crippen LogP contribution in [0.25, 0.3) is 125 Å². The summed E-state index contributed by atoms with van der Waals surface area (Å²) in [5.41, 5.74) is 14.1. The van der Waals surface area contributed by atoms with Crippen LogP contribution in [0.5, 0.6) is 0 Å². The number of hydrogen-bond donors (Lipinski definition) is 0. The standard InChI is InChI=1S/C57H34N6S/c1-3-22-50-42(15-1)45-19-8-28-58-55(45)62(50)39-24-27-52-49(33-39)47-21-10-30-60-57(47)63(52)40-25-26-51-48(34-40)46-20-9-29-59-56(46)61(51)38-14-6-12-36(32-38)35-11-5-13-37(31-35)41-17-7-18-44-43-16-2-4-23-53(43)64-54(41)44/h1-34H. The molecule has 7 heteroatoms. The molecule has 0 atom stereocenters. The van der Waals surface area contributed by atoms with Crippen molar-refractivity contribution in [1.29, 1.82) is 0 Å². The third-order valence-corrected chi connectivity index (χ3v) is 14.2. The van der Waals surface area contributed by atoms with Crippen LogP contribution < -0.4 is 0 Å². The van der Waals surface area contributed by atoms with Crippen molar-refractivity contribution in [2.75, 3.05) is 0 Å². The van der Waals surface area contributed by atoms with Crippen molar-refractivity contribution in [3.8, 4) is 39.3 Å². The van der Waals surface area contributed by atoms with Gasteiger partial charge in [0.25, 0.3) is 0 Å². The number of para-hydroxylation sites is 1. The van der Waals surface area contributed by atoms with Gasteiger partial charge in [-0.15, -0.1) is 11.3 Å². The maximum atomic E-state index is 5.00. The molecule has 7 aromatic heterocycles. The predicted molar refractivity (Wildman–Crippen MR) is 267 cm³/mol. The minimum Gasteiger partial charge on any atom is -0.294 e. The Morgan fingerprint density at radius 2 is 0.797 bits per heavy atom. The van der Waals surface area contributed by atoms with E-state index in [1.807, 2.05) is 48.1 Å². The van der Waals surface area contributed by atoms with E-state index in [0.717, 1.165) is 83.0 Å². The van der Waals surface area contributed by atoms with Gasteiger partial charge in [0.2, 0.25) is 0 Å². The van der Waals surface area contributed by atoms with Crippen molar-refractivity contribution >= 4 is 97.3 Å². The van der Waals surface area contributed by atoms with Gasteiger partial charge in [-0.25, -0.2) is 15.0 Å². The zero-order valence-corrected chi connectivity index (χ0v) is 35.0. The zero-order chi connectivity index (χ0) is 41.9. The molecule has 0 aliphatic rings. The van der Waals surface area contributed by atoms with E-state index in [4.69, 9.17) is 15.0 Å². The molecule has 0 fully saturated rings. The van der Waals surface area contributed by atoms with Crippen LogP contribution >= 0.6 is 11.3 Å². The first-order valence-electron chi connectivity index (χ1n) is 21.5. The largest absolute Gasteiger partial charge is 0.294 e. The van der Waals surface area contributed by atoms with Gasteiger partial charge >= 0.3 is 0 Å². The summed E-state index contributed by atoms with van der Waals surface area (Å²) in [6.45, 7) is 0. The van der Waals surface area contributed by atoms with Crippen molar-refractivity contribution in [1.82, 2.24) is 28.7 Å². The molecule has 0 bridgehead atoms. The third-order valence-electron chi connectivity index (χ3n) is 13.0. The Bertz CT molecular complexity index is 4170.